The van der Waals surface area contributed by atoms with Crippen molar-refractivity contribution in [3.8, 4) is 5.75 Å². The summed E-state index contributed by atoms with van der Waals surface area (Å²) in [5.41, 5.74) is 2.14. The first-order valence-electron chi connectivity index (χ1n) is 16.1. The number of para-hydroxylation sites is 1. The van der Waals surface area contributed by atoms with Gasteiger partial charge in [0.1, 0.15) is 11.8 Å². The monoisotopic (exact) mass is 665 g/mol. The first kappa shape index (κ1) is 34.1. The molecule has 8 nitrogen and oxygen atoms in total. The van der Waals surface area contributed by atoms with E-state index in [4.69, 9.17) is 16.3 Å². The van der Waals surface area contributed by atoms with E-state index >= 15 is 0 Å². The summed E-state index contributed by atoms with van der Waals surface area (Å²) >= 11 is 8.35. The Bertz CT molecular complexity index is 1460. The first-order chi connectivity index (χ1) is 22.2. The fourth-order valence-electron chi connectivity index (χ4n) is 7.77. The number of ether oxygens (including phenoxy) is 1. The number of rotatable bonds is 14. The van der Waals surface area contributed by atoms with Crippen molar-refractivity contribution in [1.82, 2.24) is 4.90 Å². The Morgan fingerprint density at radius 1 is 1.11 bits per heavy atom. The summed E-state index contributed by atoms with van der Waals surface area (Å²) in [5.74, 6) is -1.09. The standard InChI is InChI=1S/C36H44ClN3O5S/c1-6-18-38(25-14-16-26(17-15-25)45-8-3)33(42)29-28-22-24(5)36(46-28)30(29)34(43)40(20-9-10-21-41)32(36)35(44)39(19-7-2)31-23(4)12-11-13-27(31)37/h6-7,11-17,24,28-30,32,41H,1-2,8-10,18-22H2,3-5H3/t24?,28-,29+,30+,32?,36?/m1/s1. The van der Waals surface area contributed by atoms with Gasteiger partial charge in [-0.1, -0.05) is 42.8 Å². The molecule has 3 aliphatic heterocycles. The smallest absolute Gasteiger partial charge is 0.251 e. The second kappa shape index (κ2) is 14.2. The Morgan fingerprint density at radius 2 is 1.80 bits per heavy atom. The van der Waals surface area contributed by atoms with E-state index in [9.17, 15) is 19.5 Å². The highest BCUT2D eigenvalue weighted by atomic mass is 35.5. The van der Waals surface area contributed by atoms with E-state index in [0.29, 0.717) is 48.1 Å². The van der Waals surface area contributed by atoms with Crippen LogP contribution in [0.25, 0.3) is 0 Å². The number of aryl methyl sites for hydroxylation is 1. The second-order valence-electron chi connectivity index (χ2n) is 12.3. The summed E-state index contributed by atoms with van der Waals surface area (Å²) in [6.07, 6.45) is 5.12. The molecule has 1 spiro atoms. The highest BCUT2D eigenvalue weighted by molar-refractivity contribution is 8.02. The van der Waals surface area contributed by atoms with Gasteiger partial charge in [0.15, 0.2) is 0 Å². The van der Waals surface area contributed by atoms with Crippen LogP contribution in [-0.4, -0.2) is 76.6 Å². The molecule has 3 fully saturated rings. The van der Waals surface area contributed by atoms with Gasteiger partial charge in [-0.15, -0.1) is 24.9 Å². The molecule has 5 rings (SSSR count). The van der Waals surface area contributed by atoms with E-state index in [2.05, 4.69) is 20.1 Å². The molecule has 3 unspecified atom stereocenters. The fourth-order valence-corrected chi connectivity index (χ4v) is 10.5. The molecule has 46 heavy (non-hydrogen) atoms. The van der Waals surface area contributed by atoms with Gasteiger partial charge in [-0.3, -0.25) is 14.4 Å². The third-order valence-corrected chi connectivity index (χ3v) is 12.0. The number of unbranched alkanes of at least 4 members (excludes halogenated alkanes) is 1. The number of halogens is 1. The third kappa shape index (κ3) is 5.75. The summed E-state index contributed by atoms with van der Waals surface area (Å²) < 4.78 is 4.81. The van der Waals surface area contributed by atoms with E-state index < -0.39 is 22.6 Å². The number of amides is 3. The summed E-state index contributed by atoms with van der Waals surface area (Å²) in [7, 11) is 0. The minimum atomic E-state index is -0.805. The Kier molecular flexibility index (Phi) is 10.5. The number of nitrogens with zero attached hydrogens (tertiary/aromatic N) is 3. The molecule has 246 valence electrons. The van der Waals surface area contributed by atoms with Crippen molar-refractivity contribution in [2.45, 2.75) is 56.1 Å². The zero-order valence-corrected chi connectivity index (χ0v) is 28.4. The van der Waals surface area contributed by atoms with Gasteiger partial charge in [0, 0.05) is 37.2 Å². The van der Waals surface area contributed by atoms with Gasteiger partial charge in [0.2, 0.25) is 11.8 Å². The van der Waals surface area contributed by atoms with Gasteiger partial charge in [-0.25, -0.2) is 0 Å². The SMILES string of the molecule is C=CCN(C(=O)[C@@H]1[C@H]2C(=O)N(CCCCO)C(C(=O)N(CC=C)c3c(C)cccc3Cl)C23S[C@@H]1CC3C)c1ccc(OCC)cc1. The van der Waals surface area contributed by atoms with Crippen LogP contribution in [0.2, 0.25) is 5.02 Å². The summed E-state index contributed by atoms with van der Waals surface area (Å²) in [5, 5.41) is 9.89. The molecule has 1 N–H and O–H groups in total. The molecule has 0 saturated carbocycles. The summed E-state index contributed by atoms with van der Waals surface area (Å²) in [6.45, 7) is 15.1. The highest BCUT2D eigenvalue weighted by Gasteiger charge is 2.76. The van der Waals surface area contributed by atoms with Crippen LogP contribution in [0.15, 0.2) is 67.8 Å². The largest absolute Gasteiger partial charge is 0.494 e. The third-order valence-electron chi connectivity index (χ3n) is 9.64. The topological polar surface area (TPSA) is 90.4 Å². The quantitative estimate of drug-likeness (QED) is 0.200. The van der Waals surface area contributed by atoms with E-state index in [1.165, 1.54) is 0 Å². The van der Waals surface area contributed by atoms with Crippen molar-refractivity contribution in [1.29, 1.82) is 0 Å². The number of carbonyl (C=O) groups is 3. The molecule has 10 heteroatoms. The van der Waals surface area contributed by atoms with Crippen LogP contribution in [-0.2, 0) is 14.4 Å². The lowest BCUT2D eigenvalue weighted by atomic mass is 9.65. The van der Waals surface area contributed by atoms with E-state index in [1.54, 1.807) is 44.7 Å². The lowest BCUT2D eigenvalue weighted by Crippen LogP contribution is -2.58. The van der Waals surface area contributed by atoms with Crippen LogP contribution in [0.4, 0.5) is 11.4 Å². The van der Waals surface area contributed by atoms with Crippen LogP contribution < -0.4 is 14.5 Å². The molecule has 2 aromatic carbocycles. The molecule has 3 amide bonds. The first-order valence-corrected chi connectivity index (χ1v) is 17.3. The second-order valence-corrected chi connectivity index (χ2v) is 14.3. The summed E-state index contributed by atoms with van der Waals surface area (Å²) in [6, 6.07) is 12.1. The zero-order chi connectivity index (χ0) is 33.2. The average molecular weight is 666 g/mol. The van der Waals surface area contributed by atoms with Gasteiger partial charge >= 0.3 is 0 Å². The van der Waals surface area contributed by atoms with Crippen LogP contribution in [0.3, 0.4) is 0 Å². The van der Waals surface area contributed by atoms with Gasteiger partial charge in [0.05, 0.1) is 33.9 Å². The zero-order valence-electron chi connectivity index (χ0n) is 26.9. The average Bonchev–Trinajstić information content (AvgIpc) is 3.63. The normalized spacial score (nSPS) is 26.2. The number of aliphatic hydroxyl groups excluding tert-OH is 1. The molecule has 0 aliphatic carbocycles. The van der Waals surface area contributed by atoms with Crippen LogP contribution in [0.1, 0.15) is 38.7 Å². The van der Waals surface area contributed by atoms with Gasteiger partial charge < -0.3 is 24.5 Å². The number of likely N-dealkylation sites (tertiary alicyclic amines) is 1. The molecule has 0 radical (unpaired) electrons. The Labute approximate surface area is 281 Å². The van der Waals surface area contributed by atoms with Gasteiger partial charge in [-0.05, 0) is 74.9 Å². The Balaban J connectivity index is 1.58. The number of hydrogen-bond acceptors (Lipinski definition) is 6. The van der Waals surface area contributed by atoms with Crippen molar-refractivity contribution in [3.05, 3.63) is 78.4 Å². The fraction of sp³-hybridized carbons (Fsp3) is 0.472. The number of carbonyl (C=O) groups excluding carboxylic acids is 3. The Hall–Kier alpha value is -3.27. The minimum absolute atomic E-state index is 0.00791. The highest BCUT2D eigenvalue weighted by Crippen LogP contribution is 2.69. The molecular formula is C36H44ClN3O5S. The van der Waals surface area contributed by atoms with Crippen LogP contribution in [0.5, 0.6) is 5.75 Å². The molecular weight excluding hydrogens is 622 g/mol. The molecule has 0 aromatic heterocycles. The minimum Gasteiger partial charge on any atom is -0.494 e. The maximum absolute atomic E-state index is 15.0. The Morgan fingerprint density at radius 3 is 2.43 bits per heavy atom. The maximum Gasteiger partial charge on any atom is 0.251 e. The van der Waals surface area contributed by atoms with Crippen molar-refractivity contribution in [3.63, 3.8) is 0 Å². The van der Waals surface area contributed by atoms with E-state index in [0.717, 1.165) is 12.0 Å². The number of fused-ring (bicyclic) bond motifs is 1. The van der Waals surface area contributed by atoms with Crippen molar-refractivity contribution in [2.75, 3.05) is 42.6 Å². The molecule has 3 aliphatic rings. The molecule has 2 bridgehead atoms. The van der Waals surface area contributed by atoms with Gasteiger partial charge in [0.25, 0.3) is 5.91 Å². The predicted molar refractivity (Wildman–Crippen MR) is 186 cm³/mol. The lowest BCUT2D eigenvalue weighted by Gasteiger charge is -2.41. The number of aliphatic hydroxyl groups is 1. The molecule has 3 saturated heterocycles. The summed E-state index contributed by atoms with van der Waals surface area (Å²) in [4.78, 5) is 49.3. The molecule has 3 heterocycles. The van der Waals surface area contributed by atoms with Crippen molar-refractivity contribution < 1.29 is 24.2 Å². The predicted octanol–water partition coefficient (Wildman–Crippen LogP) is 5.90. The van der Waals surface area contributed by atoms with Crippen LogP contribution in [0, 0.1) is 24.7 Å². The molecule has 6 atom stereocenters. The number of anilines is 2. The maximum atomic E-state index is 15.0. The van der Waals surface area contributed by atoms with Gasteiger partial charge in [-0.2, -0.15) is 0 Å². The van der Waals surface area contributed by atoms with Crippen molar-refractivity contribution in [2.24, 2.45) is 17.8 Å². The van der Waals surface area contributed by atoms with Crippen molar-refractivity contribution >= 4 is 52.5 Å². The number of hydrogen-bond donors (Lipinski definition) is 1. The lowest BCUT2D eigenvalue weighted by molar-refractivity contribution is -0.139. The molecule has 2 aromatic rings. The number of thioether (sulfide) groups is 1. The van der Waals surface area contributed by atoms with E-state index in [1.807, 2.05) is 50.2 Å². The van der Waals surface area contributed by atoms with Crippen LogP contribution >= 0.6 is 23.4 Å². The van der Waals surface area contributed by atoms with E-state index in [-0.39, 0.29) is 48.6 Å². The number of benzene rings is 2.